The summed E-state index contributed by atoms with van der Waals surface area (Å²) in [4.78, 5) is 31.1. The second kappa shape index (κ2) is 13.3. The molecule has 0 unspecified atom stereocenters. The van der Waals surface area contributed by atoms with Gasteiger partial charge in [-0.25, -0.2) is 0 Å². The van der Waals surface area contributed by atoms with Crippen molar-refractivity contribution in [3.05, 3.63) is 154 Å². The number of carbonyl (C=O) groups excluding carboxylic acids is 2. The Kier molecular flexibility index (Phi) is 8.16. The van der Waals surface area contributed by atoms with Crippen LogP contribution in [-0.4, -0.2) is 95.6 Å². The number of hydrogen-bond acceptors (Lipinski definition) is 8. The average molecular weight is 749 g/mol. The number of rotatable bonds is 9. The van der Waals surface area contributed by atoms with Crippen LogP contribution in [0.15, 0.2) is 143 Å². The van der Waals surface area contributed by atoms with Crippen LogP contribution >= 0.6 is 0 Å². The number of β-lactam (4-membered cyclic amide) rings is 2. The van der Waals surface area contributed by atoms with Crippen LogP contribution in [0.2, 0.25) is 0 Å². The van der Waals surface area contributed by atoms with Crippen LogP contribution in [0.3, 0.4) is 0 Å². The maximum atomic E-state index is 13.8. The minimum atomic E-state index is -0.992. The fourth-order valence-electron chi connectivity index (χ4n) is 9.32. The van der Waals surface area contributed by atoms with Gasteiger partial charge in [0.1, 0.15) is 47.3 Å². The van der Waals surface area contributed by atoms with E-state index in [0.717, 1.165) is 55.7 Å². The molecule has 2 saturated heterocycles. The highest BCUT2D eigenvalue weighted by molar-refractivity contribution is 5.96. The van der Waals surface area contributed by atoms with Crippen molar-refractivity contribution in [1.82, 2.24) is 9.80 Å². The van der Waals surface area contributed by atoms with Crippen molar-refractivity contribution in [3.63, 3.8) is 0 Å². The Labute approximate surface area is 324 Å². The molecule has 0 radical (unpaired) electrons. The van der Waals surface area contributed by atoms with Gasteiger partial charge >= 0.3 is 0 Å². The summed E-state index contributed by atoms with van der Waals surface area (Å²) < 4.78 is 23.3. The standard InChI is InChI=1S/C46H40N2O8/c1-53-27-17-13-25(14-18-27)37-33-21-31(35(33)23-47-39(41(37)49)43(45(47)51)55-29-9-5-3-6-10-29)32-22-34-36(32)24-48-40(44(46(48)52)56-30-11-7-4-8-12-30)42(50)38(34)26-15-19-28(54-2)20-16-26/h3-20,39-44,49-50H,21-24H2,1-2H3/t39-,40-,41+,42+,43+,44+/m0/s1. The van der Waals surface area contributed by atoms with E-state index in [4.69, 9.17) is 18.9 Å². The first kappa shape index (κ1) is 34.4. The Hall–Kier alpha value is -6.10. The van der Waals surface area contributed by atoms with Crippen LogP contribution in [0, 0.1) is 0 Å². The lowest BCUT2D eigenvalue weighted by molar-refractivity contribution is -0.168. The molecule has 10 heteroatoms. The van der Waals surface area contributed by atoms with Crippen molar-refractivity contribution in [3.8, 4) is 23.0 Å². The van der Waals surface area contributed by atoms with Crippen LogP contribution in [0.4, 0.5) is 0 Å². The molecule has 0 aromatic heterocycles. The molecule has 4 aliphatic heterocycles. The van der Waals surface area contributed by atoms with Crippen molar-refractivity contribution in [2.45, 2.75) is 49.3 Å². The van der Waals surface area contributed by atoms with Crippen molar-refractivity contribution in [2.24, 2.45) is 0 Å². The number of benzene rings is 4. The molecule has 0 bridgehead atoms. The first-order chi connectivity index (χ1) is 27.3. The number of para-hydroxylation sites is 2. The summed E-state index contributed by atoms with van der Waals surface area (Å²) in [5, 5.41) is 24.4. The van der Waals surface area contributed by atoms with Gasteiger partial charge in [0.25, 0.3) is 11.8 Å². The minimum Gasteiger partial charge on any atom is -0.497 e. The summed E-state index contributed by atoms with van der Waals surface area (Å²) in [6, 6.07) is 32.6. The van der Waals surface area contributed by atoms with E-state index in [1.807, 2.05) is 109 Å². The summed E-state index contributed by atoms with van der Waals surface area (Å²) in [7, 11) is 3.24. The number of carbonyl (C=O) groups is 2. The van der Waals surface area contributed by atoms with Gasteiger partial charge in [-0.3, -0.25) is 9.59 Å². The Morgan fingerprint density at radius 3 is 1.21 bits per heavy atom. The molecule has 4 aromatic carbocycles. The molecule has 2 N–H and O–H groups in total. The third-order valence-electron chi connectivity index (χ3n) is 12.3. The Morgan fingerprint density at radius 2 is 0.857 bits per heavy atom. The molecule has 10 rings (SSSR count). The molecule has 6 aliphatic rings. The zero-order valence-corrected chi connectivity index (χ0v) is 30.9. The second-order valence-electron chi connectivity index (χ2n) is 15.0. The fourth-order valence-corrected chi connectivity index (χ4v) is 9.32. The number of fused-ring (bicyclic) bond motifs is 4. The van der Waals surface area contributed by atoms with Gasteiger partial charge in [0.15, 0.2) is 12.2 Å². The molecule has 0 saturated carbocycles. The molecule has 2 fully saturated rings. The van der Waals surface area contributed by atoms with Crippen LogP contribution in [-0.2, 0) is 9.59 Å². The molecule has 0 spiro atoms. The highest BCUT2D eigenvalue weighted by atomic mass is 16.5. The predicted molar refractivity (Wildman–Crippen MR) is 208 cm³/mol. The largest absolute Gasteiger partial charge is 0.497 e. The zero-order valence-electron chi connectivity index (χ0n) is 30.9. The summed E-state index contributed by atoms with van der Waals surface area (Å²) in [5.41, 5.74) is 9.56. The lowest BCUT2D eigenvalue weighted by atomic mass is 9.66. The molecule has 6 atom stereocenters. The smallest absolute Gasteiger partial charge is 0.266 e. The Bertz CT molecular complexity index is 2210. The predicted octanol–water partition coefficient (Wildman–Crippen LogP) is 5.38. The normalized spacial score (nSPS) is 26.4. The zero-order chi connectivity index (χ0) is 38.2. The number of amides is 2. The van der Waals surface area contributed by atoms with Crippen molar-refractivity contribution in [2.75, 3.05) is 27.3 Å². The number of allylic oxidation sites excluding steroid dienone is 2. The number of aliphatic hydroxyl groups excluding tert-OH is 2. The lowest BCUT2D eigenvalue weighted by Crippen LogP contribution is -2.70. The maximum Gasteiger partial charge on any atom is 0.266 e. The van der Waals surface area contributed by atoms with E-state index in [1.54, 1.807) is 24.0 Å². The molecular weight excluding hydrogens is 709 g/mol. The number of nitrogens with zero attached hydrogens (tertiary/aromatic N) is 2. The second-order valence-corrected chi connectivity index (χ2v) is 15.0. The van der Waals surface area contributed by atoms with E-state index >= 15 is 0 Å². The molecule has 10 nitrogen and oxygen atoms in total. The van der Waals surface area contributed by atoms with Crippen molar-refractivity contribution >= 4 is 23.0 Å². The molecule has 2 amide bonds. The average Bonchev–Trinajstić information content (AvgIpc) is 3.36. The lowest BCUT2D eigenvalue weighted by Gasteiger charge is -2.48. The molecule has 4 heterocycles. The number of methoxy groups -OCH3 is 2. The van der Waals surface area contributed by atoms with Crippen molar-refractivity contribution in [1.29, 1.82) is 0 Å². The first-order valence-electron chi connectivity index (χ1n) is 18.9. The van der Waals surface area contributed by atoms with Crippen LogP contribution in [0.5, 0.6) is 23.0 Å². The summed E-state index contributed by atoms with van der Waals surface area (Å²) >= 11 is 0. The van der Waals surface area contributed by atoms with Gasteiger partial charge in [-0.15, -0.1) is 0 Å². The van der Waals surface area contributed by atoms with Gasteiger partial charge in [0.2, 0.25) is 0 Å². The van der Waals surface area contributed by atoms with E-state index in [1.165, 1.54) is 0 Å². The van der Waals surface area contributed by atoms with Crippen LogP contribution in [0.25, 0.3) is 11.1 Å². The van der Waals surface area contributed by atoms with Crippen molar-refractivity contribution < 1.29 is 38.7 Å². The number of aliphatic hydroxyl groups is 2. The first-order valence-corrected chi connectivity index (χ1v) is 18.9. The third kappa shape index (κ3) is 5.23. The highest BCUT2D eigenvalue weighted by Crippen LogP contribution is 2.56. The molecule has 282 valence electrons. The molecule has 4 aromatic rings. The van der Waals surface area contributed by atoms with Gasteiger partial charge in [-0.05, 0) is 117 Å². The van der Waals surface area contributed by atoms with Gasteiger partial charge < -0.3 is 39.0 Å². The van der Waals surface area contributed by atoms with E-state index in [2.05, 4.69) is 0 Å². The fraction of sp³-hybridized carbons (Fsp3) is 0.261. The topological polar surface area (TPSA) is 118 Å². The van der Waals surface area contributed by atoms with Crippen LogP contribution < -0.4 is 18.9 Å². The van der Waals surface area contributed by atoms with Gasteiger partial charge in [0, 0.05) is 13.1 Å². The van der Waals surface area contributed by atoms with E-state index in [9.17, 15) is 19.8 Å². The number of hydrogen-bond donors (Lipinski definition) is 2. The Balaban J connectivity index is 1.07. The maximum absolute atomic E-state index is 13.8. The van der Waals surface area contributed by atoms with Gasteiger partial charge in [0.05, 0.1) is 14.2 Å². The summed E-state index contributed by atoms with van der Waals surface area (Å²) in [6.07, 6.45) is -2.46. The minimum absolute atomic E-state index is 0.170. The third-order valence-corrected chi connectivity index (χ3v) is 12.3. The summed E-state index contributed by atoms with van der Waals surface area (Å²) in [6.45, 7) is 0.670. The highest BCUT2D eigenvalue weighted by Gasteiger charge is 2.59. The van der Waals surface area contributed by atoms with E-state index in [-0.39, 0.29) is 11.8 Å². The molecule has 56 heavy (non-hydrogen) atoms. The molecular formula is C46H40N2O8. The summed E-state index contributed by atoms with van der Waals surface area (Å²) in [5.74, 6) is 2.22. The van der Waals surface area contributed by atoms with Gasteiger partial charge in [-0.2, -0.15) is 0 Å². The SMILES string of the molecule is COc1ccc(C2=C3CC(C4=C5CN6C(=O)[C@H](Oc7ccccc7)[C@@H]6[C@H](O)C(c6ccc(OC)cc6)=C5C4)=C3CN3C(=O)[C@H](Oc4ccccc4)[C@@H]3[C@@H]2O)cc1. The van der Waals surface area contributed by atoms with E-state index < -0.39 is 36.5 Å². The van der Waals surface area contributed by atoms with Crippen LogP contribution in [0.1, 0.15) is 24.0 Å². The molecule has 2 aliphatic carbocycles. The van der Waals surface area contributed by atoms with E-state index in [0.29, 0.717) is 48.9 Å². The Morgan fingerprint density at radius 1 is 0.482 bits per heavy atom. The van der Waals surface area contributed by atoms with Gasteiger partial charge in [-0.1, -0.05) is 60.7 Å². The number of ether oxygens (including phenoxy) is 4. The quantitative estimate of drug-likeness (QED) is 0.220. The monoisotopic (exact) mass is 748 g/mol.